The van der Waals surface area contributed by atoms with Crippen LogP contribution in [0.25, 0.3) is 0 Å². The molecule has 0 saturated heterocycles. The number of nitrogens with zero attached hydrogens (tertiary/aromatic N) is 1. The van der Waals surface area contributed by atoms with Gasteiger partial charge in [-0.1, -0.05) is 29.5 Å². The van der Waals surface area contributed by atoms with E-state index in [1.165, 1.54) is 0 Å². The van der Waals surface area contributed by atoms with Gasteiger partial charge < -0.3 is 5.11 Å². The van der Waals surface area contributed by atoms with Crippen LogP contribution in [-0.2, 0) is 0 Å². The largest absolute Gasteiger partial charge is 0.477 e. The minimum atomic E-state index is -1.47. The molecule has 0 amide bonds. The Bertz CT molecular complexity index is 733. The minimum absolute atomic E-state index is 0.0311. The molecule has 2 rings (SSSR count). The molecule has 0 fully saturated rings. The Morgan fingerprint density at radius 1 is 1.33 bits per heavy atom. The molecule has 0 aromatic heterocycles. The average Bonchev–Trinajstić information content (AvgIpc) is 2.40. The normalized spacial score (nSPS) is 10.4. The van der Waals surface area contributed by atoms with Crippen molar-refractivity contribution in [3.05, 3.63) is 63.5 Å². The maximum Gasteiger partial charge on any atom is 0.342 e. The third-order valence-electron chi connectivity index (χ3n) is 2.69. The zero-order valence-electron chi connectivity index (χ0n) is 10.9. The molecule has 2 aromatic rings. The molecule has 5 nitrogen and oxygen atoms in total. The van der Waals surface area contributed by atoms with Crippen molar-refractivity contribution in [2.75, 3.05) is 0 Å². The van der Waals surface area contributed by atoms with E-state index in [1.54, 1.807) is 12.1 Å². The van der Waals surface area contributed by atoms with Gasteiger partial charge in [-0.05, 0) is 25.1 Å². The SMILES string of the molecule is Cc1cccc(Sc2cc(C(=O)O)c([N+](=O)[O-])cc2F)c1. The van der Waals surface area contributed by atoms with Crippen molar-refractivity contribution in [2.45, 2.75) is 16.7 Å². The monoisotopic (exact) mass is 307 g/mol. The van der Waals surface area contributed by atoms with Crippen LogP contribution < -0.4 is 0 Å². The second-order valence-electron chi connectivity index (χ2n) is 4.28. The summed E-state index contributed by atoms with van der Waals surface area (Å²) >= 11 is 1.02. The van der Waals surface area contributed by atoms with Gasteiger partial charge in [0.05, 0.1) is 11.0 Å². The molecule has 0 saturated carbocycles. The first kappa shape index (κ1) is 15.0. The lowest BCUT2D eigenvalue weighted by molar-refractivity contribution is -0.385. The summed E-state index contributed by atoms with van der Waals surface area (Å²) in [5.41, 5.74) is -0.314. The minimum Gasteiger partial charge on any atom is -0.477 e. The molecule has 1 N–H and O–H groups in total. The van der Waals surface area contributed by atoms with Crippen molar-refractivity contribution < 1.29 is 19.2 Å². The topological polar surface area (TPSA) is 80.4 Å². The lowest BCUT2D eigenvalue weighted by Crippen LogP contribution is -2.04. The molecule has 0 spiro atoms. The Labute approximate surface area is 123 Å². The Balaban J connectivity index is 2.47. The van der Waals surface area contributed by atoms with Crippen molar-refractivity contribution in [2.24, 2.45) is 0 Å². The number of hydrogen-bond donors (Lipinski definition) is 1. The van der Waals surface area contributed by atoms with Crippen LogP contribution in [0, 0.1) is 22.9 Å². The van der Waals surface area contributed by atoms with Gasteiger partial charge in [0, 0.05) is 9.79 Å². The number of rotatable bonds is 4. The highest BCUT2D eigenvalue weighted by molar-refractivity contribution is 7.99. The summed E-state index contributed by atoms with van der Waals surface area (Å²) in [5, 5.41) is 19.8. The molecule has 0 aliphatic carbocycles. The second kappa shape index (κ2) is 5.92. The highest BCUT2D eigenvalue weighted by Crippen LogP contribution is 2.34. The summed E-state index contributed by atoms with van der Waals surface area (Å²) in [5.74, 6) is -2.29. The summed E-state index contributed by atoms with van der Waals surface area (Å²) in [7, 11) is 0. The maximum absolute atomic E-state index is 13.9. The highest BCUT2D eigenvalue weighted by atomic mass is 32.2. The molecule has 21 heavy (non-hydrogen) atoms. The van der Waals surface area contributed by atoms with Gasteiger partial charge in [0.15, 0.2) is 0 Å². The van der Waals surface area contributed by atoms with E-state index in [1.807, 2.05) is 19.1 Å². The molecular weight excluding hydrogens is 297 g/mol. The second-order valence-corrected chi connectivity index (χ2v) is 5.40. The molecule has 2 aromatic carbocycles. The van der Waals surface area contributed by atoms with Crippen LogP contribution in [0.3, 0.4) is 0 Å². The van der Waals surface area contributed by atoms with Crippen LogP contribution in [0.2, 0.25) is 0 Å². The lowest BCUT2D eigenvalue weighted by atomic mass is 10.2. The molecule has 0 aliphatic heterocycles. The summed E-state index contributed by atoms with van der Waals surface area (Å²) in [6.07, 6.45) is 0. The molecule has 0 bridgehead atoms. The van der Waals surface area contributed by atoms with Crippen molar-refractivity contribution in [3.8, 4) is 0 Å². The summed E-state index contributed by atoms with van der Waals surface area (Å²) in [6, 6.07) is 8.85. The number of nitro groups is 1. The maximum atomic E-state index is 13.9. The first-order valence-corrected chi connectivity index (χ1v) is 6.66. The number of carboxylic acids is 1. The Morgan fingerprint density at radius 3 is 2.62 bits per heavy atom. The molecule has 0 atom stereocenters. The average molecular weight is 307 g/mol. The third kappa shape index (κ3) is 3.38. The summed E-state index contributed by atoms with van der Waals surface area (Å²) in [4.78, 5) is 21.7. The number of carbonyl (C=O) groups is 1. The van der Waals surface area contributed by atoms with E-state index in [0.717, 1.165) is 28.3 Å². The van der Waals surface area contributed by atoms with Crippen LogP contribution in [-0.4, -0.2) is 16.0 Å². The molecular formula is C14H10FNO4S. The number of nitro benzene ring substituents is 1. The number of hydrogen-bond acceptors (Lipinski definition) is 4. The number of aryl methyl sites for hydroxylation is 1. The standard InChI is InChI=1S/C14H10FNO4S/c1-8-3-2-4-9(5-8)21-13-6-10(14(17)18)12(16(19)20)7-11(13)15/h2-7H,1H3,(H,17,18). The van der Waals surface area contributed by atoms with Gasteiger partial charge in [0.2, 0.25) is 0 Å². The molecule has 0 aliphatic rings. The highest BCUT2D eigenvalue weighted by Gasteiger charge is 2.23. The fraction of sp³-hybridized carbons (Fsp3) is 0.0714. The van der Waals surface area contributed by atoms with Crippen molar-refractivity contribution in [1.82, 2.24) is 0 Å². The van der Waals surface area contributed by atoms with Gasteiger partial charge in [0.25, 0.3) is 5.69 Å². The number of aromatic carboxylic acids is 1. The molecule has 0 heterocycles. The Hall–Kier alpha value is -2.41. The summed E-state index contributed by atoms with van der Waals surface area (Å²) in [6.45, 7) is 1.87. The third-order valence-corrected chi connectivity index (χ3v) is 3.72. The van der Waals surface area contributed by atoms with Crippen molar-refractivity contribution >= 4 is 23.4 Å². The van der Waals surface area contributed by atoms with Crippen molar-refractivity contribution in [3.63, 3.8) is 0 Å². The zero-order chi connectivity index (χ0) is 15.6. The van der Waals surface area contributed by atoms with Gasteiger partial charge in [-0.15, -0.1) is 0 Å². The predicted octanol–water partition coefficient (Wildman–Crippen LogP) is 3.89. The molecule has 0 unspecified atom stereocenters. The summed E-state index contributed by atoms with van der Waals surface area (Å²) < 4.78 is 13.9. The van der Waals surface area contributed by atoms with Gasteiger partial charge in [-0.25, -0.2) is 9.18 Å². The zero-order valence-corrected chi connectivity index (χ0v) is 11.7. The Morgan fingerprint density at radius 2 is 2.05 bits per heavy atom. The first-order chi connectivity index (χ1) is 9.88. The van der Waals surface area contributed by atoms with E-state index in [2.05, 4.69) is 0 Å². The predicted molar refractivity (Wildman–Crippen MR) is 75.3 cm³/mol. The smallest absolute Gasteiger partial charge is 0.342 e. The van der Waals surface area contributed by atoms with E-state index in [-0.39, 0.29) is 4.90 Å². The number of carboxylic acid groups (broad SMARTS) is 1. The van der Waals surface area contributed by atoms with E-state index in [0.29, 0.717) is 6.07 Å². The van der Waals surface area contributed by atoms with Gasteiger partial charge >= 0.3 is 5.97 Å². The van der Waals surface area contributed by atoms with Crippen LogP contribution in [0.15, 0.2) is 46.2 Å². The lowest BCUT2D eigenvalue weighted by Gasteiger charge is -2.06. The quantitative estimate of drug-likeness (QED) is 0.684. The molecule has 7 heteroatoms. The molecule has 0 radical (unpaired) electrons. The van der Waals surface area contributed by atoms with Crippen LogP contribution in [0.4, 0.5) is 10.1 Å². The van der Waals surface area contributed by atoms with Crippen molar-refractivity contribution in [1.29, 1.82) is 0 Å². The van der Waals surface area contributed by atoms with Crippen LogP contribution in [0.5, 0.6) is 0 Å². The van der Waals surface area contributed by atoms with Gasteiger partial charge in [-0.3, -0.25) is 10.1 Å². The molecule has 108 valence electrons. The first-order valence-electron chi connectivity index (χ1n) is 5.84. The fourth-order valence-electron chi connectivity index (χ4n) is 1.75. The van der Waals surface area contributed by atoms with E-state index < -0.39 is 28.0 Å². The number of benzene rings is 2. The Kier molecular flexibility index (Phi) is 4.23. The van der Waals surface area contributed by atoms with E-state index in [9.17, 15) is 19.3 Å². The van der Waals surface area contributed by atoms with Crippen LogP contribution >= 0.6 is 11.8 Å². The van der Waals surface area contributed by atoms with E-state index >= 15 is 0 Å². The van der Waals surface area contributed by atoms with Crippen LogP contribution in [0.1, 0.15) is 15.9 Å². The van der Waals surface area contributed by atoms with Gasteiger partial charge in [-0.2, -0.15) is 0 Å². The number of halogens is 1. The fourth-order valence-corrected chi connectivity index (χ4v) is 2.73. The van der Waals surface area contributed by atoms with Gasteiger partial charge in [0.1, 0.15) is 11.4 Å². The van der Waals surface area contributed by atoms with E-state index in [4.69, 9.17) is 5.11 Å².